The van der Waals surface area contributed by atoms with Crippen LogP contribution in [0.2, 0.25) is 0 Å². The Bertz CT molecular complexity index is 219. The molecule has 1 aliphatic carbocycles. The standard InChI is InChI=1S/C11H21NO2S/c1-4-7-12-11(8-15-3,9-5-6-9)10(13)14-2/h9,12H,4-8H2,1-3H3. The first-order valence-corrected chi connectivity index (χ1v) is 6.93. The van der Waals surface area contributed by atoms with Gasteiger partial charge in [-0.15, -0.1) is 0 Å². The van der Waals surface area contributed by atoms with Crippen molar-refractivity contribution < 1.29 is 9.53 Å². The summed E-state index contributed by atoms with van der Waals surface area (Å²) in [4.78, 5) is 11.9. The molecule has 0 aromatic heterocycles. The topological polar surface area (TPSA) is 38.3 Å². The fraction of sp³-hybridized carbons (Fsp3) is 0.909. The zero-order valence-electron chi connectivity index (χ0n) is 9.84. The predicted molar refractivity (Wildman–Crippen MR) is 64.1 cm³/mol. The Morgan fingerprint density at radius 2 is 2.27 bits per heavy atom. The molecule has 0 radical (unpaired) electrons. The van der Waals surface area contributed by atoms with E-state index in [2.05, 4.69) is 12.2 Å². The van der Waals surface area contributed by atoms with E-state index in [-0.39, 0.29) is 5.97 Å². The summed E-state index contributed by atoms with van der Waals surface area (Å²) in [5.41, 5.74) is -0.426. The van der Waals surface area contributed by atoms with Crippen molar-refractivity contribution in [2.24, 2.45) is 5.92 Å². The molecule has 0 aromatic rings. The maximum Gasteiger partial charge on any atom is 0.327 e. The van der Waals surface area contributed by atoms with Crippen molar-refractivity contribution in [3.8, 4) is 0 Å². The summed E-state index contributed by atoms with van der Waals surface area (Å²) in [5.74, 6) is 1.20. The van der Waals surface area contributed by atoms with Gasteiger partial charge in [0.2, 0.25) is 0 Å². The quantitative estimate of drug-likeness (QED) is 0.676. The lowest BCUT2D eigenvalue weighted by Crippen LogP contribution is -2.57. The van der Waals surface area contributed by atoms with Crippen LogP contribution in [0.4, 0.5) is 0 Å². The van der Waals surface area contributed by atoms with Gasteiger partial charge < -0.3 is 10.1 Å². The number of carbonyl (C=O) groups is 1. The van der Waals surface area contributed by atoms with Gasteiger partial charge in [0.25, 0.3) is 0 Å². The van der Waals surface area contributed by atoms with E-state index in [0.717, 1.165) is 31.6 Å². The molecular weight excluding hydrogens is 210 g/mol. The number of ether oxygens (including phenoxy) is 1. The fourth-order valence-corrected chi connectivity index (χ4v) is 2.86. The molecule has 0 aliphatic heterocycles. The molecule has 1 aliphatic rings. The highest BCUT2D eigenvalue weighted by Crippen LogP contribution is 2.41. The molecule has 1 saturated carbocycles. The van der Waals surface area contributed by atoms with Gasteiger partial charge in [0, 0.05) is 5.75 Å². The first-order valence-electron chi connectivity index (χ1n) is 5.53. The number of esters is 1. The number of rotatable bonds is 7. The summed E-state index contributed by atoms with van der Waals surface area (Å²) in [6, 6.07) is 0. The molecule has 1 N–H and O–H groups in total. The first kappa shape index (κ1) is 12.8. The Kier molecular flexibility index (Phi) is 4.93. The lowest BCUT2D eigenvalue weighted by atomic mass is 9.95. The molecule has 0 bridgehead atoms. The maximum atomic E-state index is 11.9. The summed E-state index contributed by atoms with van der Waals surface area (Å²) in [6.45, 7) is 2.99. The average molecular weight is 231 g/mol. The summed E-state index contributed by atoms with van der Waals surface area (Å²) in [7, 11) is 1.48. The summed E-state index contributed by atoms with van der Waals surface area (Å²) in [5, 5.41) is 3.40. The van der Waals surface area contributed by atoms with E-state index in [0.29, 0.717) is 5.92 Å². The van der Waals surface area contributed by atoms with Crippen molar-refractivity contribution in [3.63, 3.8) is 0 Å². The third-order valence-corrected chi connectivity index (χ3v) is 3.63. The molecule has 0 saturated heterocycles. The maximum absolute atomic E-state index is 11.9. The minimum atomic E-state index is -0.426. The fourth-order valence-electron chi connectivity index (χ4n) is 1.94. The van der Waals surface area contributed by atoms with Crippen LogP contribution in [0.25, 0.3) is 0 Å². The van der Waals surface area contributed by atoms with Gasteiger partial charge >= 0.3 is 5.97 Å². The van der Waals surface area contributed by atoms with Crippen molar-refractivity contribution in [2.45, 2.75) is 31.7 Å². The first-order chi connectivity index (χ1) is 7.21. The number of thioether (sulfide) groups is 1. The number of methoxy groups -OCH3 is 1. The molecule has 1 atom stereocenters. The molecule has 88 valence electrons. The highest BCUT2D eigenvalue weighted by Gasteiger charge is 2.51. The van der Waals surface area contributed by atoms with Crippen LogP contribution in [0.5, 0.6) is 0 Å². The second kappa shape index (κ2) is 5.75. The van der Waals surface area contributed by atoms with Crippen LogP contribution < -0.4 is 5.32 Å². The molecule has 0 aromatic carbocycles. The molecule has 0 heterocycles. The van der Waals surface area contributed by atoms with E-state index in [1.165, 1.54) is 7.11 Å². The lowest BCUT2D eigenvalue weighted by Gasteiger charge is -2.31. The second-order valence-corrected chi connectivity index (χ2v) is 4.96. The monoisotopic (exact) mass is 231 g/mol. The molecule has 1 fully saturated rings. The van der Waals surface area contributed by atoms with Crippen LogP contribution in [0.1, 0.15) is 26.2 Å². The van der Waals surface area contributed by atoms with E-state index in [9.17, 15) is 4.79 Å². The normalized spacial score (nSPS) is 19.7. The second-order valence-electron chi connectivity index (χ2n) is 4.10. The zero-order chi connectivity index (χ0) is 11.3. The third kappa shape index (κ3) is 2.88. The van der Waals surface area contributed by atoms with E-state index in [1.54, 1.807) is 11.8 Å². The van der Waals surface area contributed by atoms with Crippen LogP contribution in [0, 0.1) is 5.92 Å². The van der Waals surface area contributed by atoms with Gasteiger partial charge in [-0.25, -0.2) is 0 Å². The number of hydrogen-bond acceptors (Lipinski definition) is 4. The Morgan fingerprint density at radius 3 is 2.67 bits per heavy atom. The van der Waals surface area contributed by atoms with Crippen molar-refractivity contribution in [1.82, 2.24) is 5.32 Å². The highest BCUT2D eigenvalue weighted by atomic mass is 32.2. The van der Waals surface area contributed by atoms with E-state index < -0.39 is 5.54 Å². The minimum Gasteiger partial charge on any atom is -0.468 e. The third-order valence-electron chi connectivity index (χ3n) is 2.89. The molecule has 15 heavy (non-hydrogen) atoms. The van der Waals surface area contributed by atoms with Gasteiger partial charge in [-0.3, -0.25) is 4.79 Å². The van der Waals surface area contributed by atoms with Crippen LogP contribution in [0.15, 0.2) is 0 Å². The minimum absolute atomic E-state index is 0.0900. The summed E-state index contributed by atoms with van der Waals surface area (Å²) >= 11 is 1.71. The van der Waals surface area contributed by atoms with E-state index in [4.69, 9.17) is 4.74 Å². The molecule has 4 heteroatoms. The van der Waals surface area contributed by atoms with Gasteiger partial charge in [-0.2, -0.15) is 11.8 Å². The van der Waals surface area contributed by atoms with Gasteiger partial charge in [0.15, 0.2) is 0 Å². The number of hydrogen-bond donors (Lipinski definition) is 1. The Morgan fingerprint density at radius 1 is 1.60 bits per heavy atom. The van der Waals surface area contributed by atoms with Gasteiger partial charge in [-0.05, 0) is 38.0 Å². The van der Waals surface area contributed by atoms with E-state index in [1.807, 2.05) is 6.26 Å². The molecule has 0 spiro atoms. The lowest BCUT2D eigenvalue weighted by molar-refractivity contribution is -0.148. The molecule has 1 unspecified atom stereocenters. The Balaban J connectivity index is 2.73. The Labute approximate surface area is 96.3 Å². The van der Waals surface area contributed by atoms with Crippen molar-refractivity contribution >= 4 is 17.7 Å². The average Bonchev–Trinajstić information content (AvgIpc) is 3.07. The van der Waals surface area contributed by atoms with Crippen LogP contribution >= 0.6 is 11.8 Å². The summed E-state index contributed by atoms with van der Waals surface area (Å²) in [6.07, 6.45) is 5.37. The van der Waals surface area contributed by atoms with E-state index >= 15 is 0 Å². The molecule has 3 nitrogen and oxygen atoms in total. The van der Waals surface area contributed by atoms with Crippen LogP contribution in [-0.4, -0.2) is 37.2 Å². The largest absolute Gasteiger partial charge is 0.468 e. The number of nitrogens with one attached hydrogen (secondary N) is 1. The van der Waals surface area contributed by atoms with Gasteiger partial charge in [0.1, 0.15) is 5.54 Å². The molecule has 0 amide bonds. The predicted octanol–water partition coefficient (Wildman–Crippen LogP) is 1.67. The van der Waals surface area contributed by atoms with Crippen LogP contribution in [0.3, 0.4) is 0 Å². The zero-order valence-corrected chi connectivity index (χ0v) is 10.7. The van der Waals surface area contributed by atoms with Crippen molar-refractivity contribution in [3.05, 3.63) is 0 Å². The smallest absolute Gasteiger partial charge is 0.327 e. The highest BCUT2D eigenvalue weighted by molar-refractivity contribution is 7.98. The number of carbonyl (C=O) groups excluding carboxylic acids is 1. The Hall–Kier alpha value is -0.220. The summed E-state index contributed by atoms with van der Waals surface area (Å²) < 4.78 is 4.95. The van der Waals surface area contributed by atoms with Gasteiger partial charge in [0.05, 0.1) is 7.11 Å². The molecule has 1 rings (SSSR count). The van der Waals surface area contributed by atoms with Gasteiger partial charge in [-0.1, -0.05) is 6.92 Å². The molecular formula is C11H21NO2S. The van der Waals surface area contributed by atoms with Crippen molar-refractivity contribution in [2.75, 3.05) is 25.7 Å². The van der Waals surface area contributed by atoms with Crippen LogP contribution in [-0.2, 0) is 9.53 Å². The van der Waals surface area contributed by atoms with Crippen molar-refractivity contribution in [1.29, 1.82) is 0 Å². The SMILES string of the molecule is CCCNC(CSC)(C(=O)OC)C1CC1.